The molecule has 0 unspecified atom stereocenters. The minimum absolute atomic E-state index is 0.101. The molecule has 0 aliphatic carbocycles. The van der Waals surface area contributed by atoms with Gasteiger partial charge in [-0.3, -0.25) is 4.79 Å². The Bertz CT molecular complexity index is 168. The summed E-state index contributed by atoms with van der Waals surface area (Å²) >= 11 is 6.97. The fraction of sp³-hybridized carbons (Fsp3) is 0.400. The van der Waals surface area contributed by atoms with Gasteiger partial charge >= 0.3 is 0 Å². The lowest BCUT2D eigenvalue weighted by atomic mass is 10.6. The predicted octanol–water partition coefficient (Wildman–Crippen LogP) is 1.23. The van der Waals surface area contributed by atoms with Gasteiger partial charge in [-0.2, -0.15) is 0 Å². The number of thioether (sulfide) groups is 1. The average Bonchev–Trinajstić information content (AvgIpc) is 1.80. The van der Waals surface area contributed by atoms with Gasteiger partial charge in [0.05, 0.1) is 10.1 Å². The Labute approximate surface area is 62.9 Å². The van der Waals surface area contributed by atoms with Crippen molar-refractivity contribution < 1.29 is 4.79 Å². The lowest BCUT2D eigenvalue weighted by Crippen LogP contribution is -2.25. The molecule has 1 rings (SSSR count). The number of amides is 1. The molecule has 0 saturated carbocycles. The third kappa shape index (κ3) is 1.63. The fourth-order valence-electron chi connectivity index (χ4n) is 0.494. The van der Waals surface area contributed by atoms with Gasteiger partial charge < -0.3 is 4.90 Å². The van der Waals surface area contributed by atoms with Crippen LogP contribution in [0.4, 0.5) is 0 Å². The van der Waals surface area contributed by atoms with E-state index < -0.39 is 0 Å². The largest absolute Gasteiger partial charge is 0.319 e. The van der Waals surface area contributed by atoms with Crippen LogP contribution in [0.5, 0.6) is 0 Å². The van der Waals surface area contributed by atoms with Crippen molar-refractivity contribution in [1.82, 2.24) is 4.90 Å². The number of nitrogens with zero attached hydrogens (tertiary/aromatic N) is 1. The second-order valence-corrected chi connectivity index (χ2v) is 3.38. The van der Waals surface area contributed by atoms with Crippen LogP contribution in [0.15, 0.2) is 10.6 Å². The highest BCUT2D eigenvalue weighted by Crippen LogP contribution is 2.24. The van der Waals surface area contributed by atoms with E-state index in [0.29, 0.717) is 10.1 Å². The zero-order valence-electron chi connectivity index (χ0n) is 4.93. The van der Waals surface area contributed by atoms with Gasteiger partial charge in [-0.25, -0.2) is 0 Å². The van der Waals surface area contributed by atoms with E-state index in [0.717, 1.165) is 0 Å². The van der Waals surface area contributed by atoms with Gasteiger partial charge in [0.25, 0.3) is 0 Å². The number of rotatable bonds is 0. The maximum absolute atomic E-state index is 10.7. The minimum atomic E-state index is 0.101. The standard InChI is InChI=1S/C5H6ClNOS/c1-7-2-4(6)9-3-5(7)8/h2H,3H2,1H3. The van der Waals surface area contributed by atoms with Crippen LogP contribution in [0, 0.1) is 0 Å². The summed E-state index contributed by atoms with van der Waals surface area (Å²) in [6.45, 7) is 0. The van der Waals surface area contributed by atoms with E-state index in [1.807, 2.05) is 0 Å². The first-order chi connectivity index (χ1) is 4.20. The van der Waals surface area contributed by atoms with Crippen molar-refractivity contribution in [3.63, 3.8) is 0 Å². The molecule has 0 spiro atoms. The van der Waals surface area contributed by atoms with Crippen molar-refractivity contribution in [2.75, 3.05) is 12.8 Å². The normalized spacial score (nSPS) is 20.0. The Hall–Kier alpha value is -0.150. The molecule has 0 atom stereocenters. The number of carbonyl (C=O) groups excluding carboxylic acids is 1. The maximum atomic E-state index is 10.7. The molecule has 1 aliphatic rings. The Morgan fingerprint density at radius 1 is 1.89 bits per heavy atom. The summed E-state index contributed by atoms with van der Waals surface area (Å²) in [4.78, 5) is 12.2. The van der Waals surface area contributed by atoms with Crippen molar-refractivity contribution in [1.29, 1.82) is 0 Å². The third-order valence-electron chi connectivity index (χ3n) is 1.02. The van der Waals surface area contributed by atoms with E-state index in [9.17, 15) is 4.79 Å². The van der Waals surface area contributed by atoms with Crippen LogP contribution in [-0.4, -0.2) is 23.6 Å². The molecule has 0 fully saturated rings. The first kappa shape index (κ1) is 6.96. The first-order valence-corrected chi connectivity index (χ1v) is 3.82. The molecule has 50 valence electrons. The number of hydrogen-bond acceptors (Lipinski definition) is 2. The second kappa shape index (κ2) is 2.62. The molecule has 0 aromatic carbocycles. The first-order valence-electron chi connectivity index (χ1n) is 2.46. The number of hydrogen-bond donors (Lipinski definition) is 0. The lowest BCUT2D eigenvalue weighted by molar-refractivity contribution is -0.124. The summed E-state index contributed by atoms with van der Waals surface area (Å²) in [5.74, 6) is 0.565. The molecule has 9 heavy (non-hydrogen) atoms. The highest BCUT2D eigenvalue weighted by Gasteiger charge is 2.13. The minimum Gasteiger partial charge on any atom is -0.319 e. The SMILES string of the molecule is CN1C=C(Cl)SCC1=O. The van der Waals surface area contributed by atoms with Crippen molar-refractivity contribution in [3.8, 4) is 0 Å². The van der Waals surface area contributed by atoms with Crippen molar-refractivity contribution in [2.24, 2.45) is 0 Å². The van der Waals surface area contributed by atoms with E-state index in [1.54, 1.807) is 13.2 Å². The Morgan fingerprint density at radius 2 is 2.56 bits per heavy atom. The van der Waals surface area contributed by atoms with Crippen LogP contribution >= 0.6 is 23.4 Å². The van der Waals surface area contributed by atoms with Crippen LogP contribution in [-0.2, 0) is 4.79 Å². The fourth-order valence-corrected chi connectivity index (χ4v) is 1.50. The molecule has 4 heteroatoms. The van der Waals surface area contributed by atoms with Crippen LogP contribution in [0.2, 0.25) is 0 Å². The van der Waals surface area contributed by atoms with E-state index in [4.69, 9.17) is 11.6 Å². The lowest BCUT2D eigenvalue weighted by Gasteiger charge is -2.16. The smallest absolute Gasteiger partial charge is 0.236 e. The van der Waals surface area contributed by atoms with Gasteiger partial charge in [0.15, 0.2) is 0 Å². The topological polar surface area (TPSA) is 20.3 Å². The molecule has 0 aromatic rings. The molecule has 0 radical (unpaired) electrons. The molecule has 0 aromatic heterocycles. The van der Waals surface area contributed by atoms with Gasteiger partial charge in [0.1, 0.15) is 0 Å². The molecule has 1 amide bonds. The average molecular weight is 164 g/mol. The molecule has 1 heterocycles. The molecular weight excluding hydrogens is 158 g/mol. The van der Waals surface area contributed by atoms with Crippen molar-refractivity contribution >= 4 is 29.3 Å². The molecule has 0 N–H and O–H groups in total. The summed E-state index contributed by atoms with van der Waals surface area (Å²) in [6, 6.07) is 0. The zero-order chi connectivity index (χ0) is 6.85. The van der Waals surface area contributed by atoms with E-state index in [1.165, 1.54) is 16.7 Å². The third-order valence-corrected chi connectivity index (χ3v) is 2.22. The van der Waals surface area contributed by atoms with Gasteiger partial charge in [-0.05, 0) is 0 Å². The quantitative estimate of drug-likeness (QED) is 0.536. The van der Waals surface area contributed by atoms with E-state index >= 15 is 0 Å². The maximum Gasteiger partial charge on any atom is 0.236 e. The molecule has 2 nitrogen and oxygen atoms in total. The van der Waals surface area contributed by atoms with Crippen LogP contribution in [0.3, 0.4) is 0 Å². The van der Waals surface area contributed by atoms with Gasteiger partial charge in [-0.1, -0.05) is 11.6 Å². The second-order valence-electron chi connectivity index (χ2n) is 1.73. The zero-order valence-corrected chi connectivity index (χ0v) is 6.50. The summed E-state index contributed by atoms with van der Waals surface area (Å²) in [7, 11) is 1.70. The van der Waals surface area contributed by atoms with Crippen LogP contribution in [0.25, 0.3) is 0 Å². The summed E-state index contributed by atoms with van der Waals surface area (Å²) in [6.07, 6.45) is 1.62. The molecule has 1 aliphatic heterocycles. The number of carbonyl (C=O) groups is 1. The van der Waals surface area contributed by atoms with E-state index in [2.05, 4.69) is 0 Å². The predicted molar refractivity (Wildman–Crippen MR) is 39.2 cm³/mol. The molecular formula is C5H6ClNOS. The van der Waals surface area contributed by atoms with Crippen molar-refractivity contribution in [2.45, 2.75) is 0 Å². The summed E-state index contributed by atoms with van der Waals surface area (Å²) < 4.78 is 0.678. The van der Waals surface area contributed by atoms with Crippen LogP contribution < -0.4 is 0 Å². The van der Waals surface area contributed by atoms with Crippen LogP contribution in [0.1, 0.15) is 0 Å². The van der Waals surface area contributed by atoms with Gasteiger partial charge in [0, 0.05) is 13.2 Å². The summed E-state index contributed by atoms with van der Waals surface area (Å²) in [5.41, 5.74) is 0. The Balaban J connectivity index is 2.69. The Morgan fingerprint density at radius 3 is 3.00 bits per heavy atom. The molecule has 0 bridgehead atoms. The van der Waals surface area contributed by atoms with Gasteiger partial charge in [-0.15, -0.1) is 11.8 Å². The monoisotopic (exact) mass is 163 g/mol. The van der Waals surface area contributed by atoms with E-state index in [-0.39, 0.29) is 5.91 Å². The Kier molecular flexibility index (Phi) is 2.03. The van der Waals surface area contributed by atoms with Gasteiger partial charge in [0.2, 0.25) is 5.91 Å². The highest BCUT2D eigenvalue weighted by atomic mass is 35.5. The summed E-state index contributed by atoms with van der Waals surface area (Å²) in [5, 5.41) is 0. The highest BCUT2D eigenvalue weighted by molar-refractivity contribution is 8.05. The van der Waals surface area contributed by atoms with Crippen molar-refractivity contribution in [3.05, 3.63) is 10.6 Å². The number of halogens is 1. The molecule has 0 saturated heterocycles.